The zero-order valence-electron chi connectivity index (χ0n) is 13.5. The Kier molecular flexibility index (Phi) is 5.09. The fourth-order valence-electron chi connectivity index (χ4n) is 3.95. The van der Waals surface area contributed by atoms with E-state index < -0.39 is 10.0 Å². The minimum atomic E-state index is -3.14. The molecule has 0 N–H and O–H groups in total. The van der Waals surface area contributed by atoms with Crippen LogP contribution in [0.4, 0.5) is 0 Å². The van der Waals surface area contributed by atoms with Gasteiger partial charge in [0.2, 0.25) is 10.0 Å². The summed E-state index contributed by atoms with van der Waals surface area (Å²) in [6.07, 6.45) is 3.21. The zero-order valence-corrected chi connectivity index (χ0v) is 14.3. The third-order valence-electron chi connectivity index (χ3n) is 5.34. The van der Waals surface area contributed by atoms with E-state index in [2.05, 4.69) is 4.90 Å². The van der Waals surface area contributed by atoms with Crippen molar-refractivity contribution in [2.24, 2.45) is 5.41 Å². The van der Waals surface area contributed by atoms with Gasteiger partial charge in [0.05, 0.1) is 19.0 Å². The van der Waals surface area contributed by atoms with Gasteiger partial charge in [0.15, 0.2) is 0 Å². The molecule has 22 heavy (non-hydrogen) atoms. The highest BCUT2D eigenvalue weighted by atomic mass is 32.2. The lowest BCUT2D eigenvalue weighted by molar-refractivity contribution is 0.0295. The van der Waals surface area contributed by atoms with E-state index in [1.807, 2.05) is 0 Å². The highest BCUT2D eigenvalue weighted by molar-refractivity contribution is 7.89. The summed E-state index contributed by atoms with van der Waals surface area (Å²) in [5, 5.41) is 0. The van der Waals surface area contributed by atoms with E-state index in [9.17, 15) is 8.42 Å². The third kappa shape index (κ3) is 3.48. The predicted octanol–water partition coefficient (Wildman–Crippen LogP) is 0.539. The van der Waals surface area contributed by atoms with Crippen LogP contribution in [0.1, 0.15) is 26.2 Å². The van der Waals surface area contributed by atoms with Crippen LogP contribution < -0.4 is 0 Å². The summed E-state index contributed by atoms with van der Waals surface area (Å²) in [5.41, 5.74) is -0.0307. The maximum Gasteiger partial charge on any atom is 0.213 e. The molecular formula is C15H28N2O4S. The molecule has 0 aromatic heterocycles. The van der Waals surface area contributed by atoms with Gasteiger partial charge < -0.3 is 9.47 Å². The number of hydrogen-bond acceptors (Lipinski definition) is 5. The maximum atomic E-state index is 12.3. The zero-order chi connectivity index (χ0) is 15.6. The second-order valence-electron chi connectivity index (χ2n) is 6.85. The first kappa shape index (κ1) is 16.6. The highest BCUT2D eigenvalue weighted by Gasteiger charge is 2.44. The van der Waals surface area contributed by atoms with Crippen molar-refractivity contribution in [2.75, 3.05) is 58.4 Å². The first-order valence-electron chi connectivity index (χ1n) is 8.42. The minimum absolute atomic E-state index is 0.0307. The van der Waals surface area contributed by atoms with Crippen LogP contribution in [0, 0.1) is 5.41 Å². The van der Waals surface area contributed by atoms with Crippen LogP contribution in [0.15, 0.2) is 0 Å². The van der Waals surface area contributed by atoms with Gasteiger partial charge in [-0.3, -0.25) is 4.90 Å². The van der Waals surface area contributed by atoms with Gasteiger partial charge in [0.25, 0.3) is 0 Å². The lowest BCUT2D eigenvalue weighted by Gasteiger charge is -2.34. The predicted molar refractivity (Wildman–Crippen MR) is 84.3 cm³/mol. The van der Waals surface area contributed by atoms with E-state index in [4.69, 9.17) is 9.47 Å². The number of rotatable bonds is 3. The fraction of sp³-hybridized carbons (Fsp3) is 1.00. The molecule has 1 unspecified atom stereocenters. The largest absolute Gasteiger partial charge is 0.381 e. The molecule has 3 saturated heterocycles. The van der Waals surface area contributed by atoms with Crippen LogP contribution in [-0.2, 0) is 19.5 Å². The number of nitrogens with zero attached hydrogens (tertiary/aromatic N) is 2. The van der Waals surface area contributed by atoms with Crippen LogP contribution in [0.3, 0.4) is 0 Å². The van der Waals surface area contributed by atoms with Crippen molar-refractivity contribution in [1.82, 2.24) is 9.21 Å². The number of ether oxygens (including phenoxy) is 2. The summed E-state index contributed by atoms with van der Waals surface area (Å²) in [5.74, 6) is 0.173. The summed E-state index contributed by atoms with van der Waals surface area (Å²) in [6.45, 7) is 7.72. The van der Waals surface area contributed by atoms with Crippen molar-refractivity contribution in [1.29, 1.82) is 0 Å². The van der Waals surface area contributed by atoms with Crippen molar-refractivity contribution in [3.63, 3.8) is 0 Å². The lowest BCUT2D eigenvalue weighted by atomic mass is 9.88. The van der Waals surface area contributed by atoms with E-state index in [1.165, 1.54) is 0 Å². The Morgan fingerprint density at radius 2 is 1.86 bits per heavy atom. The molecule has 0 radical (unpaired) electrons. The molecule has 3 heterocycles. The molecule has 7 heteroatoms. The quantitative estimate of drug-likeness (QED) is 0.755. The lowest BCUT2D eigenvalue weighted by Crippen LogP contribution is -2.45. The normalized spacial score (nSPS) is 33.3. The standard InChI is InChI=1S/C15H28N2O4S/c1-2-22(18,19)17-7-10-21-13-15(12-17)5-6-16(11-15)14-3-8-20-9-4-14/h14H,2-13H2,1H3. The molecule has 3 fully saturated rings. The summed E-state index contributed by atoms with van der Waals surface area (Å²) >= 11 is 0. The van der Waals surface area contributed by atoms with Gasteiger partial charge in [0, 0.05) is 44.3 Å². The van der Waals surface area contributed by atoms with Crippen molar-refractivity contribution in [3.8, 4) is 0 Å². The van der Waals surface area contributed by atoms with Gasteiger partial charge >= 0.3 is 0 Å². The van der Waals surface area contributed by atoms with Gasteiger partial charge in [-0.15, -0.1) is 0 Å². The van der Waals surface area contributed by atoms with Crippen molar-refractivity contribution < 1.29 is 17.9 Å². The average Bonchev–Trinajstić information content (AvgIpc) is 2.82. The molecule has 0 aliphatic carbocycles. The summed E-state index contributed by atoms with van der Waals surface area (Å²) in [6, 6.07) is 0.590. The van der Waals surface area contributed by atoms with Gasteiger partial charge in [-0.1, -0.05) is 0 Å². The van der Waals surface area contributed by atoms with Crippen LogP contribution in [0.2, 0.25) is 0 Å². The van der Waals surface area contributed by atoms with E-state index in [1.54, 1.807) is 11.2 Å². The first-order valence-corrected chi connectivity index (χ1v) is 10.0. The maximum absolute atomic E-state index is 12.3. The molecule has 0 bridgehead atoms. The van der Waals surface area contributed by atoms with E-state index in [-0.39, 0.29) is 11.2 Å². The number of hydrogen-bond donors (Lipinski definition) is 0. The summed E-state index contributed by atoms with van der Waals surface area (Å²) in [7, 11) is -3.14. The van der Waals surface area contributed by atoms with Crippen molar-refractivity contribution in [2.45, 2.75) is 32.2 Å². The molecule has 3 rings (SSSR count). The SMILES string of the molecule is CCS(=O)(=O)N1CCOCC2(CCN(C3CCOCC3)C2)C1. The molecule has 3 aliphatic heterocycles. The topological polar surface area (TPSA) is 59.1 Å². The smallest absolute Gasteiger partial charge is 0.213 e. The van der Waals surface area contributed by atoms with Crippen LogP contribution >= 0.6 is 0 Å². The molecule has 0 amide bonds. The molecule has 128 valence electrons. The molecule has 0 saturated carbocycles. The average molecular weight is 332 g/mol. The Bertz CT molecular complexity index is 478. The first-order chi connectivity index (χ1) is 10.5. The molecule has 3 aliphatic rings. The Morgan fingerprint density at radius 1 is 1.09 bits per heavy atom. The second-order valence-corrected chi connectivity index (χ2v) is 9.11. The van der Waals surface area contributed by atoms with Crippen LogP contribution in [0.25, 0.3) is 0 Å². The molecule has 1 spiro atoms. The Morgan fingerprint density at radius 3 is 2.59 bits per heavy atom. The number of likely N-dealkylation sites (tertiary alicyclic amines) is 1. The number of sulfonamides is 1. The summed E-state index contributed by atoms with van der Waals surface area (Å²) in [4.78, 5) is 2.54. The van der Waals surface area contributed by atoms with E-state index in [0.29, 0.717) is 32.3 Å². The minimum Gasteiger partial charge on any atom is -0.381 e. The Balaban J connectivity index is 1.69. The highest BCUT2D eigenvalue weighted by Crippen LogP contribution is 2.36. The van der Waals surface area contributed by atoms with Gasteiger partial charge in [-0.2, -0.15) is 4.31 Å². The molecule has 1 atom stereocenters. The third-order valence-corrected chi connectivity index (χ3v) is 7.17. The Labute approximate surface area is 133 Å². The molecule has 6 nitrogen and oxygen atoms in total. The molecule has 0 aromatic carbocycles. The molecular weight excluding hydrogens is 304 g/mol. The van der Waals surface area contributed by atoms with Gasteiger partial charge in [0.1, 0.15) is 0 Å². The molecule has 0 aromatic rings. The van der Waals surface area contributed by atoms with Crippen LogP contribution in [0.5, 0.6) is 0 Å². The van der Waals surface area contributed by atoms with E-state index >= 15 is 0 Å². The van der Waals surface area contributed by atoms with E-state index in [0.717, 1.165) is 45.6 Å². The van der Waals surface area contributed by atoms with Crippen LogP contribution in [-0.4, -0.2) is 82.0 Å². The Hall–Kier alpha value is -0.210. The monoisotopic (exact) mass is 332 g/mol. The van der Waals surface area contributed by atoms with Crippen molar-refractivity contribution >= 4 is 10.0 Å². The second kappa shape index (κ2) is 6.73. The van der Waals surface area contributed by atoms with Gasteiger partial charge in [-0.05, 0) is 32.7 Å². The summed E-state index contributed by atoms with van der Waals surface area (Å²) < 4.78 is 37.4. The van der Waals surface area contributed by atoms with Crippen molar-refractivity contribution in [3.05, 3.63) is 0 Å². The van der Waals surface area contributed by atoms with Gasteiger partial charge in [-0.25, -0.2) is 8.42 Å². The fourth-order valence-corrected chi connectivity index (χ4v) is 5.14.